The van der Waals surface area contributed by atoms with E-state index in [1.165, 1.54) is 10.5 Å². The number of amides is 4. The molecule has 4 rings (SSSR count). The normalized spacial score (nSPS) is 19.4. The third kappa shape index (κ3) is 4.47. The summed E-state index contributed by atoms with van der Waals surface area (Å²) in [6, 6.07) is 17.0. The fourth-order valence-corrected chi connectivity index (χ4v) is 4.12. The minimum Gasteiger partial charge on any atom is -0.338 e. The molecule has 1 atom stereocenters. The number of rotatable bonds is 5. The van der Waals surface area contributed by atoms with Crippen LogP contribution in [0.3, 0.4) is 0 Å². The van der Waals surface area contributed by atoms with Gasteiger partial charge < -0.3 is 4.90 Å². The van der Waals surface area contributed by atoms with E-state index < -0.39 is 6.03 Å². The number of aryl methyl sites for hydroxylation is 1. The molecule has 2 aromatic rings. The quantitative estimate of drug-likeness (QED) is 0.796. The lowest BCUT2D eigenvalue weighted by Gasteiger charge is -2.33. The topological polar surface area (TPSA) is 69.7 Å². The molecule has 150 valence electrons. The second-order valence-electron chi connectivity index (χ2n) is 7.77. The van der Waals surface area contributed by atoms with Gasteiger partial charge in [-0.1, -0.05) is 30.3 Å². The van der Waals surface area contributed by atoms with Gasteiger partial charge in [-0.2, -0.15) is 0 Å². The van der Waals surface area contributed by atoms with Crippen molar-refractivity contribution >= 4 is 23.5 Å². The first-order valence-electron chi connectivity index (χ1n) is 10.1. The van der Waals surface area contributed by atoms with Crippen molar-refractivity contribution in [2.45, 2.75) is 25.7 Å². The molecule has 0 aromatic heterocycles. The van der Waals surface area contributed by atoms with Crippen molar-refractivity contribution in [3.05, 3.63) is 65.7 Å². The molecule has 0 saturated carbocycles. The molecule has 2 fully saturated rings. The Morgan fingerprint density at radius 3 is 2.48 bits per heavy atom. The van der Waals surface area contributed by atoms with Crippen molar-refractivity contribution in [2.24, 2.45) is 5.92 Å². The van der Waals surface area contributed by atoms with Crippen LogP contribution in [-0.2, 0) is 11.2 Å². The molecular weight excluding hydrogens is 366 g/mol. The maximum absolute atomic E-state index is 12.9. The Morgan fingerprint density at radius 2 is 1.79 bits per heavy atom. The van der Waals surface area contributed by atoms with Gasteiger partial charge in [0.05, 0.1) is 0 Å². The van der Waals surface area contributed by atoms with E-state index in [0.29, 0.717) is 17.2 Å². The van der Waals surface area contributed by atoms with Crippen LogP contribution in [0.4, 0.5) is 10.5 Å². The second-order valence-corrected chi connectivity index (χ2v) is 7.77. The van der Waals surface area contributed by atoms with Crippen LogP contribution in [0.15, 0.2) is 54.6 Å². The van der Waals surface area contributed by atoms with Crippen LogP contribution in [0.1, 0.15) is 35.2 Å². The van der Waals surface area contributed by atoms with Gasteiger partial charge in [-0.3, -0.25) is 19.8 Å². The highest BCUT2D eigenvalue weighted by Crippen LogP contribution is 2.24. The van der Waals surface area contributed by atoms with Gasteiger partial charge in [-0.05, 0) is 61.4 Å². The Morgan fingerprint density at radius 1 is 1.03 bits per heavy atom. The zero-order valence-electron chi connectivity index (χ0n) is 16.3. The predicted octanol–water partition coefficient (Wildman–Crippen LogP) is 3.23. The Bertz CT molecular complexity index is 895. The molecule has 0 spiro atoms. The molecule has 4 amide bonds. The number of carbonyl (C=O) groups excluding carboxylic acids is 3. The maximum atomic E-state index is 12.9. The zero-order chi connectivity index (χ0) is 20.2. The molecule has 2 aromatic carbocycles. The lowest BCUT2D eigenvalue weighted by Crippen LogP contribution is -2.40. The molecule has 1 unspecified atom stereocenters. The van der Waals surface area contributed by atoms with Crippen LogP contribution in [-0.4, -0.2) is 42.4 Å². The van der Waals surface area contributed by atoms with Gasteiger partial charge in [0.15, 0.2) is 0 Å². The van der Waals surface area contributed by atoms with Crippen LogP contribution in [0.25, 0.3) is 0 Å². The van der Waals surface area contributed by atoms with Crippen molar-refractivity contribution < 1.29 is 14.4 Å². The first kappa shape index (κ1) is 19.2. The van der Waals surface area contributed by atoms with Crippen molar-refractivity contribution in [3.8, 4) is 0 Å². The third-order valence-corrected chi connectivity index (χ3v) is 5.71. The lowest BCUT2D eigenvalue weighted by atomic mass is 9.91. The smallest absolute Gasteiger partial charge is 0.329 e. The molecule has 1 N–H and O–H groups in total. The zero-order valence-corrected chi connectivity index (χ0v) is 16.3. The van der Waals surface area contributed by atoms with Gasteiger partial charge in [0.2, 0.25) is 5.91 Å². The molecule has 6 heteroatoms. The summed E-state index contributed by atoms with van der Waals surface area (Å²) in [6.07, 6.45) is 4.32. The summed E-state index contributed by atoms with van der Waals surface area (Å²) in [5, 5.41) is 2.26. The van der Waals surface area contributed by atoms with Gasteiger partial charge in [0.25, 0.3) is 5.91 Å². The average molecular weight is 391 g/mol. The van der Waals surface area contributed by atoms with E-state index in [2.05, 4.69) is 29.6 Å². The number of carbonyl (C=O) groups is 3. The molecule has 0 bridgehead atoms. The van der Waals surface area contributed by atoms with Gasteiger partial charge in [-0.15, -0.1) is 0 Å². The number of nitrogens with one attached hydrogen (secondary N) is 1. The van der Waals surface area contributed by atoms with Gasteiger partial charge in [0.1, 0.15) is 6.54 Å². The van der Waals surface area contributed by atoms with Gasteiger partial charge in [0, 0.05) is 24.3 Å². The summed E-state index contributed by atoms with van der Waals surface area (Å²) >= 11 is 0. The third-order valence-electron chi connectivity index (χ3n) is 5.71. The summed E-state index contributed by atoms with van der Waals surface area (Å²) in [7, 11) is 0. The predicted molar refractivity (Wildman–Crippen MR) is 111 cm³/mol. The minimum absolute atomic E-state index is 0.0152. The second kappa shape index (κ2) is 8.47. The highest BCUT2D eigenvalue weighted by molar-refractivity contribution is 6.12. The van der Waals surface area contributed by atoms with Crippen molar-refractivity contribution in [3.63, 3.8) is 0 Å². The van der Waals surface area contributed by atoms with Crippen molar-refractivity contribution in [1.29, 1.82) is 0 Å². The summed E-state index contributed by atoms with van der Waals surface area (Å²) in [5.41, 5.74) is 2.57. The van der Waals surface area contributed by atoms with Crippen LogP contribution in [0.5, 0.6) is 0 Å². The standard InChI is InChI=1S/C23H25N3O3/c27-21-16-26(23(29)24-21)20-12-10-19(11-13-20)22(28)25-14-4-7-18(15-25)9-8-17-5-2-1-3-6-17/h1-3,5-6,10-13,18H,4,7-9,14-16H2,(H,24,27,29). The van der Waals surface area contributed by atoms with E-state index in [1.54, 1.807) is 24.3 Å². The van der Waals surface area contributed by atoms with E-state index in [0.717, 1.165) is 38.8 Å². The van der Waals surface area contributed by atoms with Crippen molar-refractivity contribution in [1.82, 2.24) is 10.2 Å². The van der Waals surface area contributed by atoms with E-state index in [9.17, 15) is 14.4 Å². The first-order valence-corrected chi connectivity index (χ1v) is 10.1. The van der Waals surface area contributed by atoms with Gasteiger partial charge in [-0.25, -0.2) is 4.79 Å². The molecule has 2 aliphatic heterocycles. The number of urea groups is 1. The van der Waals surface area contributed by atoms with E-state index in [1.807, 2.05) is 11.0 Å². The molecule has 0 radical (unpaired) electrons. The number of hydrogen-bond acceptors (Lipinski definition) is 3. The Kier molecular flexibility index (Phi) is 5.60. The number of benzene rings is 2. The number of imide groups is 1. The number of likely N-dealkylation sites (tertiary alicyclic amines) is 1. The fraction of sp³-hybridized carbons (Fsp3) is 0.348. The van der Waals surface area contributed by atoms with E-state index >= 15 is 0 Å². The highest BCUT2D eigenvalue weighted by Gasteiger charge is 2.28. The molecule has 29 heavy (non-hydrogen) atoms. The summed E-state index contributed by atoms with van der Waals surface area (Å²) < 4.78 is 0. The molecule has 6 nitrogen and oxygen atoms in total. The Labute approximate surface area is 170 Å². The van der Waals surface area contributed by atoms with E-state index in [-0.39, 0.29) is 18.4 Å². The number of hydrogen-bond donors (Lipinski definition) is 1. The SMILES string of the molecule is O=C1CN(c2ccc(C(=O)N3CCCC(CCc4ccccc4)C3)cc2)C(=O)N1. The molecule has 2 heterocycles. The molecule has 0 aliphatic carbocycles. The molecule has 2 aliphatic rings. The van der Waals surface area contributed by atoms with Crippen LogP contribution in [0.2, 0.25) is 0 Å². The monoisotopic (exact) mass is 391 g/mol. The molecule has 2 saturated heterocycles. The average Bonchev–Trinajstić information content (AvgIpc) is 3.11. The maximum Gasteiger partial charge on any atom is 0.329 e. The summed E-state index contributed by atoms with van der Waals surface area (Å²) in [4.78, 5) is 39.4. The van der Waals surface area contributed by atoms with Crippen LogP contribution >= 0.6 is 0 Å². The Hall–Kier alpha value is -3.15. The summed E-state index contributed by atoms with van der Waals surface area (Å²) in [5.74, 6) is 0.236. The Balaban J connectivity index is 1.36. The largest absolute Gasteiger partial charge is 0.338 e. The number of anilines is 1. The van der Waals surface area contributed by atoms with E-state index in [4.69, 9.17) is 0 Å². The van der Waals surface area contributed by atoms with Crippen molar-refractivity contribution in [2.75, 3.05) is 24.5 Å². The van der Waals surface area contributed by atoms with Gasteiger partial charge >= 0.3 is 6.03 Å². The van der Waals surface area contributed by atoms with Crippen LogP contribution < -0.4 is 10.2 Å². The number of piperidine rings is 1. The summed E-state index contributed by atoms with van der Waals surface area (Å²) in [6.45, 7) is 1.59. The molecular formula is C23H25N3O3. The first-order chi connectivity index (χ1) is 14.1. The fourth-order valence-electron chi connectivity index (χ4n) is 4.12. The van der Waals surface area contributed by atoms with Crippen LogP contribution in [0, 0.1) is 5.92 Å². The number of nitrogens with zero attached hydrogens (tertiary/aromatic N) is 2. The lowest BCUT2D eigenvalue weighted by molar-refractivity contribution is -0.117. The highest BCUT2D eigenvalue weighted by atomic mass is 16.2. The minimum atomic E-state index is -0.425.